The van der Waals surface area contributed by atoms with Gasteiger partial charge in [-0.3, -0.25) is 0 Å². The summed E-state index contributed by atoms with van der Waals surface area (Å²) in [5.74, 6) is 1.88. The van der Waals surface area contributed by atoms with Crippen molar-refractivity contribution in [1.29, 1.82) is 0 Å². The van der Waals surface area contributed by atoms with E-state index < -0.39 is 0 Å². The van der Waals surface area contributed by atoms with Gasteiger partial charge in [0, 0.05) is 31.4 Å². The van der Waals surface area contributed by atoms with Gasteiger partial charge in [0.1, 0.15) is 5.82 Å². The van der Waals surface area contributed by atoms with Gasteiger partial charge in [-0.05, 0) is 32.6 Å². The molecule has 0 aromatic carbocycles. The summed E-state index contributed by atoms with van der Waals surface area (Å²) in [4.78, 5) is 11.5. The van der Waals surface area contributed by atoms with Crippen molar-refractivity contribution in [3.05, 3.63) is 37.1 Å². The van der Waals surface area contributed by atoms with Gasteiger partial charge in [-0.15, -0.1) is 0 Å². The second-order valence-corrected chi connectivity index (χ2v) is 5.85. The van der Waals surface area contributed by atoms with E-state index in [1.807, 2.05) is 13.0 Å². The molecule has 0 unspecified atom stereocenters. The molecule has 0 atom stereocenters. The largest absolute Gasteiger partial charge is 0.370 e. The highest BCUT2D eigenvalue weighted by molar-refractivity contribution is 5.43. The van der Waals surface area contributed by atoms with Crippen LogP contribution in [-0.2, 0) is 0 Å². The van der Waals surface area contributed by atoms with Gasteiger partial charge < -0.3 is 10.2 Å². The molecule has 1 aliphatic heterocycles. The molecule has 0 spiro atoms. The molecule has 4 nitrogen and oxygen atoms in total. The first-order valence-electron chi connectivity index (χ1n) is 8.79. The Morgan fingerprint density at radius 1 is 1.13 bits per heavy atom. The first-order valence-corrected chi connectivity index (χ1v) is 8.79. The molecule has 1 saturated heterocycles. The lowest BCUT2D eigenvalue weighted by molar-refractivity contribution is 0.568. The topological polar surface area (TPSA) is 41.1 Å². The highest BCUT2D eigenvalue weighted by Crippen LogP contribution is 2.18. The zero-order chi connectivity index (χ0) is 16.9. The molecule has 1 aromatic heterocycles. The van der Waals surface area contributed by atoms with Crippen molar-refractivity contribution >= 4 is 11.8 Å². The summed E-state index contributed by atoms with van der Waals surface area (Å²) in [6.45, 7) is 14.2. The van der Waals surface area contributed by atoms with Crippen LogP contribution in [0.15, 0.2) is 31.4 Å². The third kappa shape index (κ3) is 7.82. The average Bonchev–Trinajstić information content (AvgIpc) is 2.59. The summed E-state index contributed by atoms with van der Waals surface area (Å²) >= 11 is 0. The van der Waals surface area contributed by atoms with Crippen LogP contribution in [0.1, 0.15) is 51.1 Å². The normalized spacial score (nSPS) is 13.7. The van der Waals surface area contributed by atoms with Gasteiger partial charge in [-0.2, -0.15) is 4.98 Å². The first kappa shape index (κ1) is 19.2. The van der Waals surface area contributed by atoms with Gasteiger partial charge in [0.15, 0.2) is 0 Å². The minimum absolute atomic E-state index is 0.901. The molecule has 0 saturated carbocycles. The smallest absolute Gasteiger partial charge is 0.227 e. The number of nitrogens with zero attached hydrogens (tertiary/aromatic N) is 3. The summed E-state index contributed by atoms with van der Waals surface area (Å²) in [5.41, 5.74) is 1.05. The monoisotopic (exact) mass is 316 g/mol. The van der Waals surface area contributed by atoms with Crippen molar-refractivity contribution in [2.45, 2.75) is 52.4 Å². The molecule has 1 fully saturated rings. The maximum atomic E-state index is 4.66. The fourth-order valence-corrected chi connectivity index (χ4v) is 2.47. The molecule has 2 heterocycles. The predicted molar refractivity (Wildman–Crippen MR) is 101 cm³/mol. The summed E-state index contributed by atoms with van der Waals surface area (Å²) in [6, 6.07) is 2.04. The summed E-state index contributed by atoms with van der Waals surface area (Å²) in [6.07, 6.45) is 10.9. The zero-order valence-electron chi connectivity index (χ0n) is 14.9. The number of nitrogens with one attached hydrogen (secondary N) is 1. The number of hydrogen-bond acceptors (Lipinski definition) is 4. The second kappa shape index (κ2) is 11.7. The Hall–Kier alpha value is -1.84. The number of piperidine rings is 1. The van der Waals surface area contributed by atoms with Crippen LogP contribution in [0.5, 0.6) is 0 Å². The van der Waals surface area contributed by atoms with E-state index in [0.717, 1.165) is 37.1 Å². The van der Waals surface area contributed by atoms with E-state index in [1.165, 1.54) is 38.5 Å². The Bertz CT molecular complexity index is 458. The van der Waals surface area contributed by atoms with Gasteiger partial charge in [0.25, 0.3) is 0 Å². The molecule has 2 rings (SSSR count). The van der Waals surface area contributed by atoms with E-state index in [2.05, 4.69) is 40.3 Å². The van der Waals surface area contributed by atoms with Crippen LogP contribution in [0.4, 0.5) is 11.8 Å². The van der Waals surface area contributed by atoms with Gasteiger partial charge in [0.05, 0.1) is 0 Å². The minimum atomic E-state index is 0.901. The number of aryl methyl sites for hydroxylation is 1. The van der Waals surface area contributed by atoms with E-state index in [9.17, 15) is 0 Å². The number of rotatable bonds is 7. The summed E-state index contributed by atoms with van der Waals surface area (Å²) in [7, 11) is 0. The third-order valence-corrected chi connectivity index (χ3v) is 3.73. The van der Waals surface area contributed by atoms with Crippen molar-refractivity contribution in [3.63, 3.8) is 0 Å². The maximum absolute atomic E-state index is 4.66. The Balaban J connectivity index is 0.000000593. The molecule has 0 radical (unpaired) electrons. The fourth-order valence-electron chi connectivity index (χ4n) is 2.47. The van der Waals surface area contributed by atoms with Crippen LogP contribution in [0.3, 0.4) is 0 Å². The quantitative estimate of drug-likeness (QED) is 0.583. The van der Waals surface area contributed by atoms with Crippen LogP contribution in [-0.4, -0.2) is 29.6 Å². The summed E-state index contributed by atoms with van der Waals surface area (Å²) in [5, 5.41) is 3.42. The number of anilines is 2. The van der Waals surface area contributed by atoms with Crippen molar-refractivity contribution in [2.75, 3.05) is 29.9 Å². The Morgan fingerprint density at radius 2 is 1.83 bits per heavy atom. The Morgan fingerprint density at radius 3 is 2.43 bits per heavy atom. The van der Waals surface area contributed by atoms with Crippen LogP contribution in [0, 0.1) is 6.92 Å². The number of allylic oxidation sites excluding steroid dienone is 2. The third-order valence-electron chi connectivity index (χ3n) is 3.73. The molecule has 128 valence electrons. The molecule has 23 heavy (non-hydrogen) atoms. The zero-order valence-corrected chi connectivity index (χ0v) is 14.9. The molecule has 0 bridgehead atoms. The highest BCUT2D eigenvalue weighted by Gasteiger charge is 2.14. The standard InChI is InChI=1S/C15H26N4.C4H6/c1-3-4-6-9-16-14-12-13(2)17-15(18-14)19-10-7-5-8-11-19;1-3-4-2/h12H,3-11H2,1-2H3,(H,16,17,18);3-4H,1-2H2. The van der Waals surface area contributed by atoms with Crippen LogP contribution in [0.25, 0.3) is 0 Å². The Labute approximate surface area is 141 Å². The lowest BCUT2D eigenvalue weighted by Crippen LogP contribution is -2.31. The molecule has 1 aliphatic rings. The van der Waals surface area contributed by atoms with Crippen molar-refractivity contribution in [3.8, 4) is 0 Å². The molecule has 1 N–H and O–H groups in total. The second-order valence-electron chi connectivity index (χ2n) is 5.85. The van der Waals surface area contributed by atoms with Crippen molar-refractivity contribution < 1.29 is 0 Å². The summed E-state index contributed by atoms with van der Waals surface area (Å²) < 4.78 is 0. The number of unbranched alkanes of at least 4 members (excludes halogenated alkanes) is 2. The highest BCUT2D eigenvalue weighted by atomic mass is 15.3. The van der Waals surface area contributed by atoms with Gasteiger partial charge in [-0.25, -0.2) is 4.98 Å². The number of hydrogen-bond donors (Lipinski definition) is 1. The first-order chi connectivity index (χ1) is 11.2. The van der Waals surface area contributed by atoms with E-state index >= 15 is 0 Å². The minimum Gasteiger partial charge on any atom is -0.370 e. The maximum Gasteiger partial charge on any atom is 0.227 e. The van der Waals surface area contributed by atoms with Gasteiger partial charge in [0.2, 0.25) is 5.95 Å². The average molecular weight is 316 g/mol. The van der Waals surface area contributed by atoms with Crippen molar-refractivity contribution in [2.24, 2.45) is 0 Å². The molecular weight excluding hydrogens is 284 g/mol. The Kier molecular flexibility index (Phi) is 9.76. The van der Waals surface area contributed by atoms with Crippen LogP contribution >= 0.6 is 0 Å². The SMILES string of the molecule is C=CC=C.CCCCCNc1cc(C)nc(N2CCCCC2)n1. The fraction of sp³-hybridized carbons (Fsp3) is 0.579. The molecule has 0 amide bonds. The number of aromatic nitrogens is 2. The molecule has 0 aliphatic carbocycles. The van der Waals surface area contributed by atoms with E-state index in [1.54, 1.807) is 12.2 Å². The van der Waals surface area contributed by atoms with E-state index in [4.69, 9.17) is 0 Å². The molecular formula is C19H32N4. The molecule has 1 aromatic rings. The van der Waals surface area contributed by atoms with Gasteiger partial charge in [-0.1, -0.05) is 45.1 Å². The predicted octanol–water partition coefficient (Wildman–Crippen LogP) is 4.74. The van der Waals surface area contributed by atoms with Crippen LogP contribution < -0.4 is 10.2 Å². The lowest BCUT2D eigenvalue weighted by Gasteiger charge is -2.27. The van der Waals surface area contributed by atoms with Crippen molar-refractivity contribution in [1.82, 2.24) is 9.97 Å². The van der Waals surface area contributed by atoms with E-state index in [0.29, 0.717) is 0 Å². The molecule has 4 heteroatoms. The lowest BCUT2D eigenvalue weighted by atomic mass is 10.1. The van der Waals surface area contributed by atoms with Crippen LogP contribution in [0.2, 0.25) is 0 Å². The van der Waals surface area contributed by atoms with E-state index in [-0.39, 0.29) is 0 Å². The van der Waals surface area contributed by atoms with Gasteiger partial charge >= 0.3 is 0 Å².